The first-order valence-electron chi connectivity index (χ1n) is 17.9. The smallest absolute Gasteiger partial charge is 0.274 e. The van der Waals surface area contributed by atoms with Crippen LogP contribution in [0.15, 0.2) is 37.0 Å². The average molecular weight is 914 g/mol. The lowest BCUT2D eigenvalue weighted by Gasteiger charge is -2.36. The molecule has 2 amide bonds. The number of phosphoric ester groups is 3. The van der Waals surface area contributed by atoms with Crippen molar-refractivity contribution in [3.8, 4) is 0 Å². The third kappa shape index (κ3) is 16.8. The molecule has 0 aromatic carbocycles. The number of carbonyl (C=O) groups excluding carboxylic acids is 3. The van der Waals surface area contributed by atoms with Gasteiger partial charge in [-0.25, -0.2) is 19.3 Å². The third-order valence-corrected chi connectivity index (χ3v) is 12.0. The molecule has 0 radical (unpaired) electrons. The van der Waals surface area contributed by atoms with Crippen molar-refractivity contribution in [2.45, 2.75) is 83.5 Å². The monoisotopic (exact) mass is 913 g/mol. The predicted octanol–water partition coefficient (Wildman–Crippen LogP) is -1.17. The van der Waals surface area contributed by atoms with Crippen molar-refractivity contribution in [3.05, 3.63) is 37.0 Å². The maximum atomic E-state index is 12.6. The number of hydrogen-bond donors (Lipinski definition) is 5. The molecular formula is C31H46N7O17P3S-4. The average Bonchev–Trinajstić information content (AvgIpc) is 3.71. The number of anilines is 1. The van der Waals surface area contributed by atoms with Crippen molar-refractivity contribution in [1.82, 2.24) is 30.2 Å². The molecule has 1 saturated heterocycles. The van der Waals surface area contributed by atoms with Gasteiger partial charge in [0.15, 0.2) is 17.7 Å². The van der Waals surface area contributed by atoms with Crippen LogP contribution in [0.25, 0.3) is 11.2 Å². The number of hydrogen-bond acceptors (Lipinski definition) is 22. The van der Waals surface area contributed by atoms with E-state index in [2.05, 4.69) is 50.4 Å². The lowest BCUT2D eigenvalue weighted by molar-refractivity contribution is -0.347. The van der Waals surface area contributed by atoms with Gasteiger partial charge in [-0.3, -0.25) is 28.1 Å². The zero-order valence-electron chi connectivity index (χ0n) is 32.1. The SMILES string of the molecule is CCCCC/C=C\C=C\C(=O)SCCNC(=O)CCNC(=O)[C@H](O)C(C)(C)COP(=O)([O-])OP(=O)([O-])OC[C@H]1O[C@@H](n2cnc3c(N)ncnc32)[C@H](O)[C@@H]1OP(=O)([O-])[O-]. The van der Waals surface area contributed by atoms with Gasteiger partial charge in [-0.15, -0.1) is 0 Å². The van der Waals surface area contributed by atoms with E-state index in [0.29, 0.717) is 5.75 Å². The molecule has 24 nitrogen and oxygen atoms in total. The quantitative estimate of drug-likeness (QED) is 0.0339. The van der Waals surface area contributed by atoms with Crippen LogP contribution in [0, 0.1) is 5.41 Å². The molecule has 2 unspecified atom stereocenters. The van der Waals surface area contributed by atoms with Crippen LogP contribution < -0.4 is 35.9 Å². The van der Waals surface area contributed by atoms with Gasteiger partial charge in [-0.2, -0.15) is 0 Å². The number of allylic oxidation sites excluding steroid dienone is 3. The van der Waals surface area contributed by atoms with E-state index in [1.807, 2.05) is 6.08 Å². The Morgan fingerprint density at radius 3 is 2.47 bits per heavy atom. The molecular weight excluding hydrogens is 867 g/mol. The lowest BCUT2D eigenvalue weighted by atomic mass is 9.87. The van der Waals surface area contributed by atoms with E-state index in [1.54, 1.807) is 12.2 Å². The standard InChI is InChI=1S/C31H50N7O17P3S/c1-4-5-6-7-8-9-10-11-22(40)59-15-14-33-21(39)12-13-34-29(43)26(42)31(2,3)17-52-58(49,50)55-57(47,48)51-16-20-25(54-56(44,45)46)24(41)30(53-20)38-19-37-23-27(32)35-18-36-28(23)38/h8-11,18-20,24-26,30,41-42H,4-7,12-17H2,1-3H3,(H,33,39)(H,34,43)(H,47,48)(H,49,50)(H2,32,35,36)(H2,44,45,46)/p-4/b9-8-,11-10+/t20-,24-,25-,26+,30-/m1/s1. The van der Waals surface area contributed by atoms with Gasteiger partial charge in [0.05, 0.1) is 27.4 Å². The van der Waals surface area contributed by atoms with Crippen LogP contribution in [0.1, 0.15) is 59.1 Å². The van der Waals surface area contributed by atoms with Gasteiger partial charge < -0.3 is 69.0 Å². The molecule has 1 aliphatic rings. The highest BCUT2D eigenvalue weighted by atomic mass is 32.2. The molecule has 1 fully saturated rings. The molecule has 3 heterocycles. The number of carbonyl (C=O) groups is 3. The molecule has 3 rings (SSSR count). The predicted molar refractivity (Wildman–Crippen MR) is 201 cm³/mol. The topological polar surface area (TPSA) is 375 Å². The Labute approximate surface area is 342 Å². The summed E-state index contributed by atoms with van der Waals surface area (Å²) < 4.78 is 60.6. The molecule has 7 atom stereocenters. The summed E-state index contributed by atoms with van der Waals surface area (Å²) in [6, 6.07) is 0. The second kappa shape index (κ2) is 22.8. The summed E-state index contributed by atoms with van der Waals surface area (Å²) in [5, 5.41) is 26.1. The summed E-state index contributed by atoms with van der Waals surface area (Å²) in [5.41, 5.74) is 4.07. The minimum absolute atomic E-state index is 0.0218. The molecule has 6 N–H and O–H groups in total. The van der Waals surface area contributed by atoms with Gasteiger partial charge >= 0.3 is 0 Å². The number of nitrogens with one attached hydrogen (secondary N) is 2. The van der Waals surface area contributed by atoms with Crippen molar-refractivity contribution in [2.75, 3.05) is 37.8 Å². The summed E-state index contributed by atoms with van der Waals surface area (Å²) in [6.07, 6.45) is 3.55. The molecule has 2 aromatic rings. The van der Waals surface area contributed by atoms with Gasteiger partial charge in [0.1, 0.15) is 36.3 Å². The zero-order valence-corrected chi connectivity index (χ0v) is 35.6. The Bertz CT molecular complexity index is 1950. The number of nitrogens with two attached hydrogens (primary N) is 1. The van der Waals surface area contributed by atoms with Gasteiger partial charge in [0.25, 0.3) is 15.6 Å². The zero-order chi connectivity index (χ0) is 44.0. The second-order valence-corrected chi connectivity index (χ2v) is 18.6. The van der Waals surface area contributed by atoms with E-state index in [1.165, 1.54) is 19.9 Å². The molecule has 28 heteroatoms. The number of phosphoric acid groups is 3. The van der Waals surface area contributed by atoms with Crippen LogP contribution in [-0.2, 0) is 50.7 Å². The van der Waals surface area contributed by atoms with Crippen molar-refractivity contribution in [1.29, 1.82) is 0 Å². The molecule has 0 aliphatic carbocycles. The van der Waals surface area contributed by atoms with Crippen LogP contribution in [-0.4, -0.2) is 103 Å². The lowest BCUT2D eigenvalue weighted by Crippen LogP contribution is -2.46. The van der Waals surface area contributed by atoms with Crippen LogP contribution >= 0.6 is 35.2 Å². The fourth-order valence-corrected chi connectivity index (χ4v) is 8.44. The first-order valence-corrected chi connectivity index (χ1v) is 23.2. The number of amides is 2. The fourth-order valence-electron chi connectivity index (χ4n) is 5.13. The Morgan fingerprint density at radius 2 is 1.78 bits per heavy atom. The molecule has 1 aliphatic heterocycles. The van der Waals surface area contributed by atoms with E-state index in [-0.39, 0.29) is 41.6 Å². The minimum atomic E-state index is -5.92. The number of aliphatic hydroxyl groups is 2. The highest BCUT2D eigenvalue weighted by Crippen LogP contribution is 2.56. The van der Waals surface area contributed by atoms with E-state index < -0.39 is 84.6 Å². The number of fused-ring (bicyclic) bond motifs is 1. The summed E-state index contributed by atoms with van der Waals surface area (Å²) in [5.74, 6) is -1.26. The number of rotatable bonds is 25. The summed E-state index contributed by atoms with van der Waals surface area (Å²) >= 11 is 1.01. The number of ether oxygens (including phenoxy) is 1. The number of aromatic nitrogens is 4. The summed E-state index contributed by atoms with van der Waals surface area (Å²) in [6.45, 7) is 2.18. The first kappa shape index (κ1) is 50.4. The third-order valence-electron chi connectivity index (χ3n) is 8.18. The number of nitrogen functional groups attached to an aromatic ring is 1. The number of unbranched alkanes of at least 4 members (excludes halogenated alkanes) is 3. The molecule has 332 valence electrons. The van der Waals surface area contributed by atoms with E-state index in [4.69, 9.17) is 10.5 Å². The van der Waals surface area contributed by atoms with Crippen LogP contribution in [0.5, 0.6) is 0 Å². The van der Waals surface area contributed by atoms with Crippen molar-refractivity contribution in [3.63, 3.8) is 0 Å². The van der Waals surface area contributed by atoms with Crippen LogP contribution in [0.3, 0.4) is 0 Å². The fraction of sp³-hybridized carbons (Fsp3) is 0.613. The Balaban J connectivity index is 1.44. The summed E-state index contributed by atoms with van der Waals surface area (Å²) in [7, 11) is -17.6. The van der Waals surface area contributed by atoms with Crippen molar-refractivity contribution in [2.24, 2.45) is 5.41 Å². The second-order valence-electron chi connectivity index (χ2n) is 13.4. The number of thioether (sulfide) groups is 1. The highest BCUT2D eigenvalue weighted by molar-refractivity contribution is 8.14. The molecule has 0 saturated carbocycles. The number of aliphatic hydroxyl groups excluding tert-OH is 2. The van der Waals surface area contributed by atoms with Gasteiger partial charge in [-0.05, 0) is 18.9 Å². The van der Waals surface area contributed by atoms with E-state index in [0.717, 1.165) is 54.7 Å². The summed E-state index contributed by atoms with van der Waals surface area (Å²) in [4.78, 5) is 96.1. The molecule has 2 aromatic heterocycles. The normalized spacial score (nSPS) is 21.4. The number of imidazole rings is 1. The van der Waals surface area contributed by atoms with Crippen LogP contribution in [0.4, 0.5) is 5.82 Å². The maximum absolute atomic E-state index is 12.6. The van der Waals surface area contributed by atoms with Crippen molar-refractivity contribution >= 4 is 69.1 Å². The maximum Gasteiger partial charge on any atom is 0.274 e. The Morgan fingerprint density at radius 1 is 1.07 bits per heavy atom. The van der Waals surface area contributed by atoms with Gasteiger partial charge in [0, 0.05) is 30.7 Å². The van der Waals surface area contributed by atoms with Gasteiger partial charge in [-0.1, -0.05) is 63.6 Å². The largest absolute Gasteiger partial charge is 0.790 e. The molecule has 0 bridgehead atoms. The highest BCUT2D eigenvalue weighted by Gasteiger charge is 2.47. The minimum Gasteiger partial charge on any atom is -0.790 e. The molecule has 0 spiro atoms. The first-order chi connectivity index (χ1) is 27.6. The van der Waals surface area contributed by atoms with Gasteiger partial charge in [0.2, 0.25) is 16.9 Å². The van der Waals surface area contributed by atoms with Crippen LogP contribution in [0.2, 0.25) is 0 Å². The van der Waals surface area contributed by atoms with E-state index in [9.17, 15) is 57.9 Å². The van der Waals surface area contributed by atoms with E-state index >= 15 is 0 Å². The Kier molecular flexibility index (Phi) is 19.4. The number of nitrogens with zero attached hydrogens (tertiary/aromatic N) is 4. The van der Waals surface area contributed by atoms with Crippen molar-refractivity contribution < 1.29 is 80.5 Å². The Hall–Kier alpha value is -2.96. The molecule has 59 heavy (non-hydrogen) atoms.